The van der Waals surface area contributed by atoms with E-state index in [0.29, 0.717) is 54.1 Å². The molecule has 7 nitrogen and oxygen atoms in total. The molecule has 0 radical (unpaired) electrons. The van der Waals surface area contributed by atoms with Gasteiger partial charge in [-0.2, -0.15) is 0 Å². The van der Waals surface area contributed by atoms with Crippen molar-refractivity contribution in [2.24, 2.45) is 5.73 Å². The molecule has 3 aromatic rings. The Hall–Kier alpha value is -2.87. The highest BCUT2D eigenvalue weighted by molar-refractivity contribution is 6.40. The molecule has 1 fully saturated rings. The normalized spacial score (nSPS) is 14.0. The average molecular weight is 445 g/mol. The molecular weight excluding hydrogens is 427 g/mol. The Labute approximate surface area is 182 Å². The van der Waals surface area contributed by atoms with Crippen LogP contribution in [0.4, 0.5) is 11.4 Å². The fourth-order valence-electron chi connectivity index (χ4n) is 3.52. The molecule has 1 aliphatic heterocycles. The lowest BCUT2D eigenvalue weighted by molar-refractivity contribution is 0.0995. The number of benzene rings is 2. The summed E-state index contributed by atoms with van der Waals surface area (Å²) >= 11 is 12.3. The Balaban J connectivity index is 1.81. The summed E-state index contributed by atoms with van der Waals surface area (Å²) in [6.45, 7) is 2.32. The number of anilines is 2. The van der Waals surface area contributed by atoms with Crippen molar-refractivity contribution in [3.05, 3.63) is 63.8 Å². The van der Waals surface area contributed by atoms with Gasteiger partial charge in [0, 0.05) is 24.7 Å². The number of morpholine rings is 1. The lowest BCUT2D eigenvalue weighted by atomic mass is 10.1. The van der Waals surface area contributed by atoms with Gasteiger partial charge in [-0.3, -0.25) is 14.6 Å². The van der Waals surface area contributed by atoms with Crippen molar-refractivity contribution in [1.82, 2.24) is 4.98 Å². The summed E-state index contributed by atoms with van der Waals surface area (Å²) in [5, 5.41) is 4.03. The maximum Gasteiger partial charge on any atom is 0.258 e. The first-order valence-electron chi connectivity index (χ1n) is 9.27. The second-order valence-corrected chi connectivity index (χ2v) is 7.55. The van der Waals surface area contributed by atoms with Gasteiger partial charge in [0.25, 0.3) is 11.8 Å². The Kier molecular flexibility index (Phi) is 5.76. The van der Waals surface area contributed by atoms with Gasteiger partial charge in [0.2, 0.25) is 0 Å². The van der Waals surface area contributed by atoms with Crippen LogP contribution in [-0.2, 0) is 4.74 Å². The fraction of sp³-hybridized carbons (Fsp3) is 0.190. The van der Waals surface area contributed by atoms with Crippen molar-refractivity contribution in [3.63, 3.8) is 0 Å². The number of hydrogen-bond acceptors (Lipinski definition) is 5. The molecule has 1 saturated heterocycles. The molecule has 1 aromatic heterocycles. The molecule has 154 valence electrons. The first-order valence-corrected chi connectivity index (χ1v) is 10.0. The molecule has 3 N–H and O–H groups in total. The van der Waals surface area contributed by atoms with Crippen LogP contribution in [0.5, 0.6) is 0 Å². The number of aromatic nitrogens is 1. The second-order valence-electron chi connectivity index (χ2n) is 6.74. The average Bonchev–Trinajstić information content (AvgIpc) is 2.73. The molecule has 1 aliphatic rings. The predicted molar refractivity (Wildman–Crippen MR) is 118 cm³/mol. The number of fused-ring (bicyclic) bond motifs is 1. The van der Waals surface area contributed by atoms with Crippen LogP contribution < -0.4 is 16.0 Å². The zero-order valence-electron chi connectivity index (χ0n) is 15.8. The molecule has 2 aromatic carbocycles. The first kappa shape index (κ1) is 20.4. The summed E-state index contributed by atoms with van der Waals surface area (Å²) < 4.78 is 5.43. The van der Waals surface area contributed by atoms with Crippen LogP contribution in [0.1, 0.15) is 20.7 Å². The maximum atomic E-state index is 12.9. The highest BCUT2D eigenvalue weighted by atomic mass is 35.5. The SMILES string of the molecule is NC(=O)c1cnc2c(NC(=O)c3c(Cl)cccc3Cl)cccc2c1N1CCOCC1. The Bertz CT molecular complexity index is 1130. The summed E-state index contributed by atoms with van der Waals surface area (Å²) in [7, 11) is 0. The van der Waals surface area contributed by atoms with Crippen LogP contribution in [0.25, 0.3) is 10.9 Å². The fourth-order valence-corrected chi connectivity index (χ4v) is 4.09. The topological polar surface area (TPSA) is 97.6 Å². The van der Waals surface area contributed by atoms with Crippen molar-refractivity contribution in [3.8, 4) is 0 Å². The highest BCUT2D eigenvalue weighted by Crippen LogP contribution is 2.34. The quantitative estimate of drug-likeness (QED) is 0.638. The standard InChI is InChI=1S/C21H18Cl2N4O3/c22-14-4-2-5-15(23)17(14)21(29)26-16-6-1-3-12-18(16)25-11-13(20(24)28)19(12)27-7-9-30-10-8-27/h1-6,11H,7-10H2,(H2,24,28)(H,26,29). The number of para-hydroxylation sites is 1. The summed E-state index contributed by atoms with van der Waals surface area (Å²) in [6, 6.07) is 10.2. The van der Waals surface area contributed by atoms with Gasteiger partial charge >= 0.3 is 0 Å². The van der Waals surface area contributed by atoms with Crippen LogP contribution in [-0.4, -0.2) is 43.1 Å². The van der Waals surface area contributed by atoms with Gasteiger partial charge in [-0.1, -0.05) is 41.4 Å². The van der Waals surface area contributed by atoms with E-state index >= 15 is 0 Å². The molecule has 0 bridgehead atoms. The number of halogens is 2. The van der Waals surface area contributed by atoms with E-state index in [-0.39, 0.29) is 15.6 Å². The number of hydrogen-bond donors (Lipinski definition) is 2. The zero-order valence-corrected chi connectivity index (χ0v) is 17.3. The van der Waals surface area contributed by atoms with Crippen LogP contribution in [0.3, 0.4) is 0 Å². The van der Waals surface area contributed by atoms with E-state index in [1.807, 2.05) is 11.0 Å². The molecule has 0 spiro atoms. The van der Waals surface area contributed by atoms with Crippen LogP contribution in [0.15, 0.2) is 42.6 Å². The third-order valence-corrected chi connectivity index (χ3v) is 5.53. The van der Waals surface area contributed by atoms with E-state index in [0.717, 1.165) is 0 Å². The number of primary amides is 1. The maximum absolute atomic E-state index is 12.9. The van der Waals surface area contributed by atoms with E-state index in [1.165, 1.54) is 6.20 Å². The third-order valence-electron chi connectivity index (χ3n) is 4.90. The monoisotopic (exact) mass is 444 g/mol. The summed E-state index contributed by atoms with van der Waals surface area (Å²) in [6.07, 6.45) is 1.44. The number of carbonyl (C=O) groups is 2. The number of nitrogens with two attached hydrogens (primary N) is 1. The lowest BCUT2D eigenvalue weighted by Crippen LogP contribution is -2.37. The largest absolute Gasteiger partial charge is 0.378 e. The Morgan fingerprint density at radius 1 is 1.07 bits per heavy atom. The Morgan fingerprint density at radius 3 is 2.40 bits per heavy atom. The molecule has 2 heterocycles. The summed E-state index contributed by atoms with van der Waals surface area (Å²) in [4.78, 5) is 31.4. The van der Waals surface area contributed by atoms with Crippen molar-refractivity contribution >= 4 is 57.3 Å². The van der Waals surface area contributed by atoms with Gasteiger partial charge in [-0.25, -0.2) is 0 Å². The predicted octanol–water partition coefficient (Wildman–Crippen LogP) is 3.73. The van der Waals surface area contributed by atoms with Gasteiger partial charge in [-0.05, 0) is 18.2 Å². The van der Waals surface area contributed by atoms with E-state index in [4.69, 9.17) is 33.7 Å². The molecular formula is C21H18Cl2N4O3. The van der Waals surface area contributed by atoms with E-state index in [9.17, 15) is 9.59 Å². The number of nitrogens with one attached hydrogen (secondary N) is 1. The minimum atomic E-state index is -0.567. The third kappa shape index (κ3) is 3.79. The van der Waals surface area contributed by atoms with Gasteiger partial charge in [-0.15, -0.1) is 0 Å². The van der Waals surface area contributed by atoms with E-state index < -0.39 is 11.8 Å². The van der Waals surface area contributed by atoms with Crippen molar-refractivity contribution in [2.45, 2.75) is 0 Å². The van der Waals surface area contributed by atoms with Crippen LogP contribution >= 0.6 is 23.2 Å². The van der Waals surface area contributed by atoms with Gasteiger partial charge in [0.15, 0.2) is 0 Å². The van der Waals surface area contributed by atoms with Gasteiger partial charge in [0.05, 0.1) is 51.3 Å². The second kappa shape index (κ2) is 8.47. The van der Waals surface area contributed by atoms with Gasteiger partial charge < -0.3 is 20.7 Å². The molecule has 9 heteroatoms. The molecule has 4 rings (SSSR count). The first-order chi connectivity index (χ1) is 14.5. The molecule has 0 aliphatic carbocycles. The lowest BCUT2D eigenvalue weighted by Gasteiger charge is -2.31. The minimum absolute atomic E-state index is 0.181. The van der Waals surface area contributed by atoms with Crippen molar-refractivity contribution in [2.75, 3.05) is 36.5 Å². The summed E-state index contributed by atoms with van der Waals surface area (Å²) in [5.74, 6) is -1.02. The van der Waals surface area contributed by atoms with Crippen molar-refractivity contribution in [1.29, 1.82) is 0 Å². The number of amides is 2. The molecule has 30 heavy (non-hydrogen) atoms. The number of carbonyl (C=O) groups excluding carboxylic acids is 2. The van der Waals surface area contributed by atoms with Crippen LogP contribution in [0, 0.1) is 0 Å². The summed E-state index contributed by atoms with van der Waals surface area (Å²) in [5.41, 5.74) is 7.79. The number of ether oxygens (including phenoxy) is 1. The smallest absolute Gasteiger partial charge is 0.258 e. The molecule has 0 atom stereocenters. The number of nitrogens with zero attached hydrogens (tertiary/aromatic N) is 2. The van der Waals surface area contributed by atoms with E-state index in [1.54, 1.807) is 30.3 Å². The molecule has 2 amide bonds. The van der Waals surface area contributed by atoms with Crippen molar-refractivity contribution < 1.29 is 14.3 Å². The highest BCUT2D eigenvalue weighted by Gasteiger charge is 2.23. The molecule has 0 unspecified atom stereocenters. The number of pyridine rings is 1. The Morgan fingerprint density at radius 2 is 1.73 bits per heavy atom. The van der Waals surface area contributed by atoms with Gasteiger partial charge in [0.1, 0.15) is 0 Å². The molecule has 0 saturated carbocycles. The van der Waals surface area contributed by atoms with E-state index in [2.05, 4.69) is 10.3 Å². The zero-order chi connectivity index (χ0) is 21.3. The minimum Gasteiger partial charge on any atom is -0.378 e. The van der Waals surface area contributed by atoms with Crippen LogP contribution in [0.2, 0.25) is 10.0 Å². The number of rotatable bonds is 4.